The Morgan fingerprint density at radius 3 is 2.08 bits per heavy atom. The average Bonchev–Trinajstić information content (AvgIpc) is 2.13. The Kier molecular flexibility index (Phi) is 5.62. The molecule has 1 heteroatoms. The van der Waals surface area contributed by atoms with E-state index in [0.717, 1.165) is 25.2 Å². The Labute approximate surface area is 83.5 Å². The molecule has 0 aromatic carbocycles. The van der Waals surface area contributed by atoms with Crippen molar-refractivity contribution in [3.05, 3.63) is 0 Å². The highest BCUT2D eigenvalue weighted by Crippen LogP contribution is 2.28. The molecule has 0 aliphatic carbocycles. The molecule has 0 spiro atoms. The maximum absolute atomic E-state index is 9.92. The minimum absolute atomic E-state index is 0.0907. The second kappa shape index (κ2) is 5.64. The second-order valence-electron chi connectivity index (χ2n) is 4.95. The number of hydrogen-bond acceptors (Lipinski definition) is 1. The molecule has 0 radical (unpaired) electrons. The summed E-state index contributed by atoms with van der Waals surface area (Å²) in [5, 5.41) is 9.92. The Morgan fingerprint density at radius 1 is 1.15 bits per heavy atom. The summed E-state index contributed by atoms with van der Waals surface area (Å²) >= 11 is 0. The van der Waals surface area contributed by atoms with Crippen LogP contribution in [0.4, 0.5) is 0 Å². The van der Waals surface area contributed by atoms with E-state index in [4.69, 9.17) is 0 Å². The van der Waals surface area contributed by atoms with Gasteiger partial charge in [0.15, 0.2) is 0 Å². The van der Waals surface area contributed by atoms with Gasteiger partial charge in [-0.3, -0.25) is 0 Å². The molecule has 0 amide bonds. The summed E-state index contributed by atoms with van der Waals surface area (Å²) in [4.78, 5) is 0. The van der Waals surface area contributed by atoms with Crippen molar-refractivity contribution < 1.29 is 5.11 Å². The van der Waals surface area contributed by atoms with E-state index in [2.05, 4.69) is 34.6 Å². The zero-order valence-electron chi connectivity index (χ0n) is 9.93. The van der Waals surface area contributed by atoms with Crippen LogP contribution in [0.15, 0.2) is 0 Å². The summed E-state index contributed by atoms with van der Waals surface area (Å²) in [6.45, 7) is 10.9. The highest BCUT2D eigenvalue weighted by Gasteiger charge is 2.25. The first kappa shape index (κ1) is 13.0. The average molecular weight is 186 g/mol. The Bertz CT molecular complexity index is 129. The lowest BCUT2D eigenvalue weighted by Crippen LogP contribution is -2.28. The van der Waals surface area contributed by atoms with Crippen molar-refractivity contribution in [3.8, 4) is 0 Å². The first-order valence-corrected chi connectivity index (χ1v) is 5.62. The van der Waals surface area contributed by atoms with Gasteiger partial charge in [0.05, 0.1) is 6.10 Å². The van der Waals surface area contributed by atoms with Crippen LogP contribution < -0.4 is 0 Å². The number of aliphatic hydroxyl groups excluding tert-OH is 1. The van der Waals surface area contributed by atoms with E-state index >= 15 is 0 Å². The van der Waals surface area contributed by atoms with E-state index in [9.17, 15) is 5.11 Å². The van der Waals surface area contributed by atoms with Crippen molar-refractivity contribution in [1.29, 1.82) is 0 Å². The zero-order chi connectivity index (χ0) is 10.5. The Balaban J connectivity index is 3.80. The summed E-state index contributed by atoms with van der Waals surface area (Å²) in [6, 6.07) is 0. The molecule has 80 valence electrons. The van der Waals surface area contributed by atoms with Crippen LogP contribution in [0.5, 0.6) is 0 Å². The molecule has 2 unspecified atom stereocenters. The topological polar surface area (TPSA) is 20.2 Å². The number of rotatable bonds is 6. The smallest absolute Gasteiger partial charge is 0.0591 e. The molecule has 0 fully saturated rings. The maximum atomic E-state index is 9.92. The molecule has 1 nitrogen and oxygen atoms in total. The van der Waals surface area contributed by atoms with Crippen LogP contribution in [0.2, 0.25) is 0 Å². The highest BCUT2D eigenvalue weighted by molar-refractivity contribution is 4.76. The second-order valence-corrected chi connectivity index (χ2v) is 4.95. The van der Waals surface area contributed by atoms with Gasteiger partial charge in [0, 0.05) is 0 Å². The van der Waals surface area contributed by atoms with Gasteiger partial charge in [0.2, 0.25) is 0 Å². The van der Waals surface area contributed by atoms with Gasteiger partial charge in [-0.15, -0.1) is 0 Å². The van der Waals surface area contributed by atoms with Gasteiger partial charge in [-0.25, -0.2) is 0 Å². The van der Waals surface area contributed by atoms with Crippen LogP contribution in [0.25, 0.3) is 0 Å². The molecule has 0 aromatic heterocycles. The molecule has 0 saturated heterocycles. The molecule has 0 aromatic rings. The number of hydrogen-bond donors (Lipinski definition) is 1. The van der Waals surface area contributed by atoms with Crippen LogP contribution in [-0.2, 0) is 0 Å². The molecule has 0 saturated carbocycles. The SMILES string of the molecule is CCC(C)CCC(O)C(C)(C)CC. The van der Waals surface area contributed by atoms with E-state index < -0.39 is 0 Å². The summed E-state index contributed by atoms with van der Waals surface area (Å²) in [5.41, 5.74) is 0.0907. The minimum atomic E-state index is -0.133. The lowest BCUT2D eigenvalue weighted by Gasteiger charge is -2.29. The molecule has 0 heterocycles. The van der Waals surface area contributed by atoms with Crippen LogP contribution in [0, 0.1) is 11.3 Å². The molecular weight excluding hydrogens is 160 g/mol. The largest absolute Gasteiger partial charge is 0.393 e. The lowest BCUT2D eigenvalue weighted by atomic mass is 9.80. The first-order valence-electron chi connectivity index (χ1n) is 5.62. The van der Waals surface area contributed by atoms with Crippen molar-refractivity contribution in [2.45, 2.75) is 66.4 Å². The van der Waals surface area contributed by atoms with E-state index in [-0.39, 0.29) is 11.5 Å². The van der Waals surface area contributed by atoms with Crippen molar-refractivity contribution in [3.63, 3.8) is 0 Å². The normalized spacial score (nSPS) is 17.1. The molecule has 2 atom stereocenters. The number of aliphatic hydroxyl groups is 1. The third-order valence-corrected chi connectivity index (χ3v) is 3.44. The fraction of sp³-hybridized carbons (Fsp3) is 1.00. The van der Waals surface area contributed by atoms with E-state index in [0.29, 0.717) is 0 Å². The fourth-order valence-corrected chi connectivity index (χ4v) is 1.27. The molecule has 1 N–H and O–H groups in total. The fourth-order valence-electron chi connectivity index (χ4n) is 1.27. The Morgan fingerprint density at radius 2 is 1.69 bits per heavy atom. The molecule has 0 aliphatic heterocycles. The quantitative estimate of drug-likeness (QED) is 0.672. The van der Waals surface area contributed by atoms with Gasteiger partial charge in [-0.2, -0.15) is 0 Å². The third kappa shape index (κ3) is 4.66. The monoisotopic (exact) mass is 186 g/mol. The standard InChI is InChI=1S/C12H26O/c1-6-10(3)8-9-11(13)12(4,5)7-2/h10-11,13H,6-9H2,1-5H3. The molecule has 0 bridgehead atoms. The minimum Gasteiger partial charge on any atom is -0.393 e. The summed E-state index contributed by atoms with van der Waals surface area (Å²) < 4.78 is 0. The predicted octanol–water partition coefficient (Wildman–Crippen LogP) is 3.61. The van der Waals surface area contributed by atoms with Gasteiger partial charge >= 0.3 is 0 Å². The molecule has 13 heavy (non-hydrogen) atoms. The lowest BCUT2D eigenvalue weighted by molar-refractivity contribution is 0.0357. The van der Waals surface area contributed by atoms with Gasteiger partial charge in [-0.1, -0.05) is 41.0 Å². The van der Waals surface area contributed by atoms with Crippen LogP contribution in [0.1, 0.15) is 60.3 Å². The Hall–Kier alpha value is -0.0400. The summed E-state index contributed by atoms with van der Waals surface area (Å²) in [5.74, 6) is 0.752. The summed E-state index contributed by atoms with van der Waals surface area (Å²) in [7, 11) is 0. The molecule has 0 rings (SSSR count). The van der Waals surface area contributed by atoms with Crippen molar-refractivity contribution in [2.75, 3.05) is 0 Å². The van der Waals surface area contributed by atoms with E-state index in [1.54, 1.807) is 0 Å². The molecule has 0 aliphatic rings. The zero-order valence-corrected chi connectivity index (χ0v) is 9.93. The van der Waals surface area contributed by atoms with Crippen molar-refractivity contribution in [1.82, 2.24) is 0 Å². The highest BCUT2D eigenvalue weighted by atomic mass is 16.3. The van der Waals surface area contributed by atoms with E-state index in [1.807, 2.05) is 0 Å². The summed E-state index contributed by atoms with van der Waals surface area (Å²) in [6.07, 6.45) is 4.25. The third-order valence-electron chi connectivity index (χ3n) is 3.44. The van der Waals surface area contributed by atoms with Crippen LogP contribution in [0.3, 0.4) is 0 Å². The van der Waals surface area contributed by atoms with Crippen LogP contribution >= 0.6 is 0 Å². The first-order chi connectivity index (χ1) is 5.94. The predicted molar refractivity (Wildman–Crippen MR) is 58.8 cm³/mol. The van der Waals surface area contributed by atoms with Crippen molar-refractivity contribution in [2.24, 2.45) is 11.3 Å². The molecular formula is C12H26O. The maximum Gasteiger partial charge on any atom is 0.0591 e. The van der Waals surface area contributed by atoms with Gasteiger partial charge < -0.3 is 5.11 Å². The van der Waals surface area contributed by atoms with Gasteiger partial charge in [0.1, 0.15) is 0 Å². The van der Waals surface area contributed by atoms with Crippen molar-refractivity contribution >= 4 is 0 Å². The van der Waals surface area contributed by atoms with Gasteiger partial charge in [0.25, 0.3) is 0 Å². The van der Waals surface area contributed by atoms with E-state index in [1.165, 1.54) is 6.42 Å². The van der Waals surface area contributed by atoms with Crippen LogP contribution in [-0.4, -0.2) is 11.2 Å². The van der Waals surface area contributed by atoms with Gasteiger partial charge in [-0.05, 0) is 30.6 Å².